The molecule has 5 heteroatoms. The maximum atomic E-state index is 10.7. The number of piperidine rings is 3. The molecule has 0 spiro atoms. The third kappa shape index (κ3) is 1.72. The number of aryl methyl sites for hydroxylation is 1. The van der Waals surface area contributed by atoms with Crippen molar-refractivity contribution in [2.75, 3.05) is 20.3 Å². The van der Waals surface area contributed by atoms with Crippen molar-refractivity contribution in [3.8, 4) is 5.75 Å². The van der Waals surface area contributed by atoms with Crippen LogP contribution in [-0.2, 0) is 18.2 Å². The molecular weight excluding hydrogens is 328 g/mol. The van der Waals surface area contributed by atoms with E-state index >= 15 is 0 Å². The Morgan fingerprint density at radius 2 is 2.15 bits per heavy atom. The SMILES string of the molecule is COc1ccc2c3c(n(C)c2c1)[C@@H]1C[C@@H]2C4CO[C@@](C)(O)[C@@H]2CN1[C@H]4C3. The summed E-state index contributed by atoms with van der Waals surface area (Å²) in [6, 6.07) is 7.49. The number of methoxy groups -OCH3 is 1. The molecule has 5 nitrogen and oxygen atoms in total. The molecule has 7 atom stereocenters. The van der Waals surface area contributed by atoms with Crippen LogP contribution < -0.4 is 4.74 Å². The maximum Gasteiger partial charge on any atom is 0.166 e. The Labute approximate surface area is 153 Å². The quantitative estimate of drug-likeness (QED) is 0.855. The second-order valence-corrected chi connectivity index (χ2v) is 8.83. The van der Waals surface area contributed by atoms with E-state index < -0.39 is 5.79 Å². The van der Waals surface area contributed by atoms with Crippen LogP contribution in [-0.4, -0.2) is 46.7 Å². The fourth-order valence-electron chi connectivity index (χ4n) is 6.62. The molecule has 1 aromatic heterocycles. The zero-order chi connectivity index (χ0) is 17.8. The highest BCUT2D eigenvalue weighted by molar-refractivity contribution is 5.87. The van der Waals surface area contributed by atoms with E-state index in [-0.39, 0.29) is 5.92 Å². The minimum Gasteiger partial charge on any atom is -0.497 e. The van der Waals surface area contributed by atoms with Crippen LogP contribution >= 0.6 is 0 Å². The van der Waals surface area contributed by atoms with Crippen LogP contribution in [0.4, 0.5) is 0 Å². The van der Waals surface area contributed by atoms with Crippen molar-refractivity contribution in [2.24, 2.45) is 24.8 Å². The lowest BCUT2D eigenvalue weighted by molar-refractivity contribution is -0.318. The van der Waals surface area contributed by atoms with Crippen molar-refractivity contribution < 1.29 is 14.6 Å². The minimum atomic E-state index is -0.969. The van der Waals surface area contributed by atoms with Crippen molar-refractivity contribution in [3.05, 3.63) is 29.5 Å². The van der Waals surface area contributed by atoms with E-state index in [9.17, 15) is 5.11 Å². The first-order chi connectivity index (χ1) is 12.5. The lowest BCUT2D eigenvalue weighted by atomic mass is 9.59. The summed E-state index contributed by atoms with van der Waals surface area (Å²) in [5.74, 6) is 1.31. The van der Waals surface area contributed by atoms with Crippen molar-refractivity contribution in [2.45, 2.75) is 37.6 Å². The molecule has 1 aromatic carbocycles. The number of rotatable bonds is 1. The molecule has 138 valence electrons. The number of fused-ring (bicyclic) bond motifs is 3. The van der Waals surface area contributed by atoms with Crippen molar-refractivity contribution in [1.29, 1.82) is 0 Å². The highest BCUT2D eigenvalue weighted by Crippen LogP contribution is 2.58. The summed E-state index contributed by atoms with van der Waals surface area (Å²) < 4.78 is 13.7. The monoisotopic (exact) mass is 354 g/mol. The molecule has 5 aliphatic rings. The Balaban J connectivity index is 1.51. The first-order valence-corrected chi connectivity index (χ1v) is 9.77. The van der Waals surface area contributed by atoms with Gasteiger partial charge in [0.15, 0.2) is 5.79 Å². The number of nitrogens with zero attached hydrogens (tertiary/aromatic N) is 2. The smallest absolute Gasteiger partial charge is 0.166 e. The van der Waals surface area contributed by atoms with Crippen LogP contribution in [0, 0.1) is 17.8 Å². The summed E-state index contributed by atoms with van der Waals surface area (Å²) in [6.45, 7) is 3.50. The van der Waals surface area contributed by atoms with Gasteiger partial charge >= 0.3 is 0 Å². The van der Waals surface area contributed by atoms with E-state index in [1.165, 1.54) is 22.2 Å². The third-order valence-corrected chi connectivity index (χ3v) is 7.84. The van der Waals surface area contributed by atoms with E-state index in [1.54, 1.807) is 7.11 Å². The summed E-state index contributed by atoms with van der Waals surface area (Å²) in [7, 11) is 3.93. The van der Waals surface area contributed by atoms with Crippen LogP contribution in [0.3, 0.4) is 0 Å². The first kappa shape index (κ1) is 15.5. The lowest BCUT2D eigenvalue weighted by Gasteiger charge is -2.64. The topological polar surface area (TPSA) is 46.9 Å². The van der Waals surface area contributed by atoms with Gasteiger partial charge in [0, 0.05) is 48.6 Å². The Kier molecular flexibility index (Phi) is 2.88. The molecule has 2 unspecified atom stereocenters. The predicted octanol–water partition coefficient (Wildman–Crippen LogP) is 2.46. The molecule has 4 fully saturated rings. The molecule has 5 aliphatic heterocycles. The van der Waals surface area contributed by atoms with Gasteiger partial charge in [-0.05, 0) is 43.4 Å². The summed E-state index contributed by atoms with van der Waals surface area (Å²) in [6.07, 6.45) is 2.23. The fourth-order valence-corrected chi connectivity index (χ4v) is 6.62. The molecule has 4 saturated heterocycles. The van der Waals surface area contributed by atoms with Gasteiger partial charge in [0.05, 0.1) is 25.3 Å². The van der Waals surface area contributed by atoms with E-state index in [2.05, 4.69) is 34.7 Å². The van der Waals surface area contributed by atoms with Gasteiger partial charge in [0.1, 0.15) is 5.75 Å². The van der Waals surface area contributed by atoms with Gasteiger partial charge in [-0.3, -0.25) is 4.90 Å². The van der Waals surface area contributed by atoms with Gasteiger partial charge in [-0.1, -0.05) is 0 Å². The molecular formula is C21H26N2O3. The second-order valence-electron chi connectivity index (χ2n) is 8.83. The zero-order valence-electron chi connectivity index (χ0n) is 15.6. The number of ether oxygens (including phenoxy) is 2. The largest absolute Gasteiger partial charge is 0.497 e. The van der Waals surface area contributed by atoms with Crippen LogP contribution in [0.25, 0.3) is 10.9 Å². The van der Waals surface area contributed by atoms with E-state index in [4.69, 9.17) is 9.47 Å². The molecule has 0 saturated carbocycles. The Hall–Kier alpha value is -1.56. The summed E-state index contributed by atoms with van der Waals surface area (Å²) in [4.78, 5) is 2.69. The van der Waals surface area contributed by atoms with Crippen LogP contribution in [0.15, 0.2) is 18.2 Å². The highest BCUT2D eigenvalue weighted by atomic mass is 16.6. The number of hydrogen-bond donors (Lipinski definition) is 1. The van der Waals surface area contributed by atoms with E-state index in [0.717, 1.165) is 25.1 Å². The summed E-state index contributed by atoms with van der Waals surface area (Å²) in [5, 5.41) is 12.1. The number of benzene rings is 1. The highest BCUT2D eigenvalue weighted by Gasteiger charge is 2.61. The minimum absolute atomic E-state index is 0.241. The molecule has 7 rings (SSSR count). The molecule has 26 heavy (non-hydrogen) atoms. The lowest BCUT2D eigenvalue weighted by Crippen LogP contribution is -2.70. The average molecular weight is 354 g/mol. The number of aromatic nitrogens is 1. The Bertz CT molecular complexity index is 918. The standard InChI is InChI=1S/C21H26N2O3/c1-21(24)16-9-23-18-8-14-12-5-4-11(25-3)6-17(12)22(2)20(14)19(23)7-13(16)15(18)10-26-21/h4-6,13,15-16,18-19,24H,7-10H2,1-3H3/t13-,15?,16-,18+,19+,21-/m1/s1. The Morgan fingerprint density at radius 3 is 2.96 bits per heavy atom. The van der Waals surface area contributed by atoms with Crippen LogP contribution in [0.2, 0.25) is 0 Å². The van der Waals surface area contributed by atoms with Gasteiger partial charge in [-0.2, -0.15) is 0 Å². The molecule has 0 amide bonds. The van der Waals surface area contributed by atoms with Crippen LogP contribution in [0.1, 0.15) is 30.6 Å². The first-order valence-electron chi connectivity index (χ1n) is 9.77. The average Bonchev–Trinajstić information content (AvgIpc) is 2.91. The predicted molar refractivity (Wildman–Crippen MR) is 98.1 cm³/mol. The maximum absolute atomic E-state index is 10.7. The van der Waals surface area contributed by atoms with Gasteiger partial charge in [-0.15, -0.1) is 0 Å². The van der Waals surface area contributed by atoms with E-state index in [0.29, 0.717) is 30.5 Å². The van der Waals surface area contributed by atoms with Crippen molar-refractivity contribution in [1.82, 2.24) is 9.47 Å². The second kappa shape index (κ2) is 4.83. The molecule has 6 bridgehead atoms. The summed E-state index contributed by atoms with van der Waals surface area (Å²) in [5.41, 5.74) is 4.27. The van der Waals surface area contributed by atoms with Crippen molar-refractivity contribution >= 4 is 10.9 Å². The van der Waals surface area contributed by atoms with E-state index in [1.807, 2.05) is 6.92 Å². The molecule has 0 aliphatic carbocycles. The molecule has 6 heterocycles. The van der Waals surface area contributed by atoms with Crippen molar-refractivity contribution in [3.63, 3.8) is 0 Å². The summed E-state index contributed by atoms with van der Waals surface area (Å²) >= 11 is 0. The number of hydrogen-bond acceptors (Lipinski definition) is 4. The zero-order valence-corrected chi connectivity index (χ0v) is 15.6. The molecule has 1 N–H and O–H groups in total. The van der Waals surface area contributed by atoms with Gasteiger partial charge < -0.3 is 19.1 Å². The normalized spacial score (nSPS) is 42.8. The van der Waals surface area contributed by atoms with Crippen LogP contribution in [0.5, 0.6) is 5.75 Å². The third-order valence-electron chi connectivity index (χ3n) is 7.84. The molecule has 2 aromatic rings. The Morgan fingerprint density at radius 1 is 1.31 bits per heavy atom. The molecule has 0 radical (unpaired) electrons. The van der Waals surface area contributed by atoms with Gasteiger partial charge in [0.2, 0.25) is 0 Å². The fraction of sp³-hybridized carbons (Fsp3) is 0.619. The number of aliphatic hydroxyl groups is 1. The van der Waals surface area contributed by atoms with Gasteiger partial charge in [0.25, 0.3) is 0 Å². The van der Waals surface area contributed by atoms with Gasteiger partial charge in [-0.25, -0.2) is 0 Å².